The number of carbonyl (C=O) groups is 1. The average Bonchev–Trinajstić information content (AvgIpc) is 2.59. The van der Waals surface area contributed by atoms with Crippen LogP contribution in [-0.4, -0.2) is 40.1 Å². The number of aliphatic carboxylic acids is 1. The molecule has 26 heavy (non-hydrogen) atoms. The van der Waals surface area contributed by atoms with Crippen LogP contribution in [-0.2, 0) is 21.9 Å². The maximum absolute atomic E-state index is 12.6. The molecule has 0 spiro atoms. The molecule has 0 amide bonds. The number of pyridine rings is 1. The molecule has 1 fully saturated rings. The molecule has 0 unspecified atom stereocenters. The van der Waals surface area contributed by atoms with Crippen LogP contribution in [0.5, 0.6) is 0 Å². The van der Waals surface area contributed by atoms with Crippen LogP contribution < -0.4 is 16.0 Å². The molecule has 0 aliphatic heterocycles. The second-order valence-electron chi connectivity index (χ2n) is 6.37. The van der Waals surface area contributed by atoms with Crippen molar-refractivity contribution in [1.82, 2.24) is 19.3 Å². The molecule has 0 atom stereocenters. The van der Waals surface area contributed by atoms with Gasteiger partial charge in [-0.05, 0) is 31.7 Å². The lowest BCUT2D eigenvalue weighted by Gasteiger charge is -2.26. The summed E-state index contributed by atoms with van der Waals surface area (Å²) >= 11 is 0. The van der Waals surface area contributed by atoms with Crippen LogP contribution in [0.1, 0.15) is 25.7 Å². The van der Waals surface area contributed by atoms with Crippen molar-refractivity contribution >= 4 is 27.0 Å². The maximum Gasteiger partial charge on any atom is 0.329 e. The van der Waals surface area contributed by atoms with Gasteiger partial charge in [0.1, 0.15) is 10.5 Å². The fraction of sp³-hybridized carbons (Fsp3) is 0.467. The SMILES string of the molecule is Cn1c(=O)[nH]c(=O)c2cc(S(=O)(=O)NC3CCC(C(=O)O)CC3)cnc21. The quantitative estimate of drug-likeness (QED) is 0.647. The van der Waals surface area contributed by atoms with E-state index in [9.17, 15) is 22.8 Å². The number of sulfonamides is 1. The summed E-state index contributed by atoms with van der Waals surface area (Å²) < 4.78 is 28.8. The van der Waals surface area contributed by atoms with E-state index in [1.165, 1.54) is 13.1 Å². The van der Waals surface area contributed by atoms with E-state index in [0.717, 1.165) is 10.8 Å². The Balaban J connectivity index is 1.87. The smallest absolute Gasteiger partial charge is 0.329 e. The van der Waals surface area contributed by atoms with Gasteiger partial charge in [-0.25, -0.2) is 22.9 Å². The molecule has 2 aromatic rings. The molecule has 0 aromatic carbocycles. The normalized spacial score (nSPS) is 21.0. The van der Waals surface area contributed by atoms with Gasteiger partial charge in [0.2, 0.25) is 10.0 Å². The van der Waals surface area contributed by atoms with Crippen molar-refractivity contribution < 1.29 is 18.3 Å². The summed E-state index contributed by atoms with van der Waals surface area (Å²) in [4.78, 5) is 40.3. The molecular formula is C15H18N4O6S. The summed E-state index contributed by atoms with van der Waals surface area (Å²) in [6.45, 7) is 0. The molecule has 3 N–H and O–H groups in total. The second-order valence-corrected chi connectivity index (χ2v) is 8.08. The molecular weight excluding hydrogens is 364 g/mol. The summed E-state index contributed by atoms with van der Waals surface area (Å²) in [5.41, 5.74) is -1.27. The number of aryl methyl sites for hydroxylation is 1. The molecule has 1 aliphatic carbocycles. The Labute approximate surface area is 147 Å². The van der Waals surface area contributed by atoms with Crippen molar-refractivity contribution in [3.8, 4) is 0 Å². The summed E-state index contributed by atoms with van der Waals surface area (Å²) in [6, 6.07) is 0.802. The third-order valence-electron chi connectivity index (χ3n) is 4.64. The van der Waals surface area contributed by atoms with Crippen molar-refractivity contribution in [3.63, 3.8) is 0 Å². The Morgan fingerprint density at radius 3 is 2.58 bits per heavy atom. The van der Waals surface area contributed by atoms with Crippen LogP contribution >= 0.6 is 0 Å². The lowest BCUT2D eigenvalue weighted by Crippen LogP contribution is -2.38. The highest BCUT2D eigenvalue weighted by Crippen LogP contribution is 2.25. The van der Waals surface area contributed by atoms with Crippen molar-refractivity contribution in [3.05, 3.63) is 33.1 Å². The number of fused-ring (bicyclic) bond motifs is 1. The van der Waals surface area contributed by atoms with E-state index in [2.05, 4.69) is 14.7 Å². The molecule has 1 aliphatic rings. The number of aromatic amines is 1. The van der Waals surface area contributed by atoms with Crippen molar-refractivity contribution in [1.29, 1.82) is 0 Å². The van der Waals surface area contributed by atoms with E-state index in [1.54, 1.807) is 0 Å². The van der Waals surface area contributed by atoms with Gasteiger partial charge >= 0.3 is 11.7 Å². The van der Waals surface area contributed by atoms with Gasteiger partial charge in [-0.3, -0.25) is 19.1 Å². The largest absolute Gasteiger partial charge is 0.481 e. The van der Waals surface area contributed by atoms with Crippen LogP contribution in [0.15, 0.2) is 26.7 Å². The molecule has 1 saturated carbocycles. The number of rotatable bonds is 4. The minimum atomic E-state index is -3.93. The zero-order valence-corrected chi connectivity index (χ0v) is 14.7. The van der Waals surface area contributed by atoms with E-state index < -0.39 is 33.2 Å². The third kappa shape index (κ3) is 3.40. The lowest BCUT2D eigenvalue weighted by molar-refractivity contribution is -0.142. The number of nitrogens with zero attached hydrogens (tertiary/aromatic N) is 2. The Bertz CT molecular complexity index is 1080. The molecule has 10 nitrogen and oxygen atoms in total. The topological polar surface area (TPSA) is 151 Å². The fourth-order valence-corrected chi connectivity index (χ4v) is 4.38. The predicted octanol–water partition coefficient (Wildman–Crippen LogP) is -0.456. The minimum Gasteiger partial charge on any atom is -0.481 e. The van der Waals surface area contributed by atoms with Gasteiger partial charge in [0.25, 0.3) is 5.56 Å². The molecule has 140 valence electrons. The summed E-state index contributed by atoms with van der Waals surface area (Å²) in [7, 11) is -2.51. The summed E-state index contributed by atoms with van der Waals surface area (Å²) in [5, 5.41) is 8.99. The number of H-pyrrole nitrogens is 1. The number of carboxylic acid groups (broad SMARTS) is 1. The standard InChI is InChI=1S/C15H18N4O6S/c1-19-12-11(13(20)17-15(19)23)6-10(7-16-12)26(24,25)18-9-4-2-8(3-5-9)14(21)22/h6-9,18H,2-5H2,1H3,(H,21,22)(H,17,20,23). The van der Waals surface area contributed by atoms with Crippen LogP contribution in [0.2, 0.25) is 0 Å². The summed E-state index contributed by atoms with van der Waals surface area (Å²) in [5.74, 6) is -1.31. The first kappa shape index (κ1) is 18.3. The van der Waals surface area contributed by atoms with Crippen LogP contribution in [0.4, 0.5) is 0 Å². The molecule has 2 aromatic heterocycles. The third-order valence-corrected chi connectivity index (χ3v) is 6.13. The Kier molecular flexibility index (Phi) is 4.67. The van der Waals surface area contributed by atoms with Crippen molar-refractivity contribution in [2.75, 3.05) is 0 Å². The zero-order valence-electron chi connectivity index (χ0n) is 13.9. The minimum absolute atomic E-state index is 0.00967. The summed E-state index contributed by atoms with van der Waals surface area (Å²) in [6.07, 6.45) is 2.74. The first-order valence-electron chi connectivity index (χ1n) is 8.03. The van der Waals surface area contributed by atoms with E-state index in [-0.39, 0.29) is 22.0 Å². The molecule has 0 saturated heterocycles. The Hall–Kier alpha value is -2.53. The van der Waals surface area contributed by atoms with Gasteiger partial charge < -0.3 is 5.11 Å². The molecule has 2 heterocycles. The fourth-order valence-electron chi connectivity index (χ4n) is 3.11. The van der Waals surface area contributed by atoms with Gasteiger partial charge in [-0.15, -0.1) is 0 Å². The molecule has 3 rings (SSSR count). The first-order valence-corrected chi connectivity index (χ1v) is 9.51. The van der Waals surface area contributed by atoms with E-state index in [0.29, 0.717) is 25.7 Å². The average molecular weight is 382 g/mol. The van der Waals surface area contributed by atoms with Crippen LogP contribution in [0.25, 0.3) is 11.0 Å². The van der Waals surface area contributed by atoms with Gasteiger partial charge in [0, 0.05) is 19.3 Å². The maximum atomic E-state index is 12.6. The van der Waals surface area contributed by atoms with E-state index in [4.69, 9.17) is 5.11 Å². The van der Waals surface area contributed by atoms with Crippen LogP contribution in [0.3, 0.4) is 0 Å². The van der Waals surface area contributed by atoms with Crippen LogP contribution in [0, 0.1) is 5.92 Å². The zero-order chi connectivity index (χ0) is 19.1. The van der Waals surface area contributed by atoms with Gasteiger partial charge in [-0.2, -0.15) is 0 Å². The highest BCUT2D eigenvalue weighted by Gasteiger charge is 2.29. The number of hydrogen-bond donors (Lipinski definition) is 3. The lowest BCUT2D eigenvalue weighted by atomic mass is 9.87. The van der Waals surface area contributed by atoms with Gasteiger partial charge in [-0.1, -0.05) is 0 Å². The second kappa shape index (κ2) is 6.65. The molecule has 0 radical (unpaired) electrons. The number of nitrogens with one attached hydrogen (secondary N) is 2. The van der Waals surface area contributed by atoms with Gasteiger partial charge in [0.15, 0.2) is 0 Å². The number of carboxylic acids is 1. The first-order chi connectivity index (χ1) is 12.2. The number of aromatic nitrogens is 3. The molecule has 0 bridgehead atoms. The van der Waals surface area contributed by atoms with Crippen molar-refractivity contribution in [2.24, 2.45) is 13.0 Å². The van der Waals surface area contributed by atoms with Gasteiger partial charge in [0.05, 0.1) is 11.3 Å². The molecule has 11 heteroatoms. The predicted molar refractivity (Wildman–Crippen MR) is 91.3 cm³/mol. The van der Waals surface area contributed by atoms with E-state index in [1.807, 2.05) is 0 Å². The Morgan fingerprint density at radius 1 is 1.31 bits per heavy atom. The highest BCUT2D eigenvalue weighted by atomic mass is 32.2. The Morgan fingerprint density at radius 2 is 1.96 bits per heavy atom. The van der Waals surface area contributed by atoms with Crippen molar-refractivity contribution in [2.45, 2.75) is 36.6 Å². The monoisotopic (exact) mass is 382 g/mol. The number of hydrogen-bond acceptors (Lipinski definition) is 6. The highest BCUT2D eigenvalue weighted by molar-refractivity contribution is 7.89. The van der Waals surface area contributed by atoms with E-state index >= 15 is 0 Å².